The molecule has 0 spiro atoms. The van der Waals surface area contributed by atoms with E-state index in [-0.39, 0.29) is 16.7 Å². The number of hydrogen-bond acceptors (Lipinski definition) is 5. The molecule has 0 saturated heterocycles. The molecule has 0 aliphatic heterocycles. The van der Waals surface area contributed by atoms with Crippen molar-refractivity contribution in [2.45, 2.75) is 32.7 Å². The Morgan fingerprint density at radius 3 is 2.52 bits per heavy atom. The van der Waals surface area contributed by atoms with Crippen LogP contribution in [0.1, 0.15) is 26.7 Å². The summed E-state index contributed by atoms with van der Waals surface area (Å²) in [5.41, 5.74) is 1.31. The van der Waals surface area contributed by atoms with Crippen LogP contribution in [-0.4, -0.2) is 38.3 Å². The SMILES string of the molecule is CCC(CC)N(CCOC)c1cccc(NC)c1[N+](=O)[O-]. The molecule has 0 bridgehead atoms. The maximum atomic E-state index is 11.5. The monoisotopic (exact) mass is 295 g/mol. The lowest BCUT2D eigenvalue weighted by atomic mass is 10.1. The van der Waals surface area contributed by atoms with Crippen LogP contribution in [0, 0.1) is 10.1 Å². The van der Waals surface area contributed by atoms with Gasteiger partial charge in [0.05, 0.1) is 11.5 Å². The van der Waals surface area contributed by atoms with Crippen LogP contribution in [-0.2, 0) is 4.74 Å². The van der Waals surface area contributed by atoms with Gasteiger partial charge in [-0.1, -0.05) is 19.9 Å². The first-order valence-corrected chi connectivity index (χ1v) is 7.31. The van der Waals surface area contributed by atoms with Gasteiger partial charge in [0.2, 0.25) is 0 Å². The van der Waals surface area contributed by atoms with E-state index in [1.165, 1.54) is 0 Å². The molecule has 6 nitrogen and oxygen atoms in total. The molecular formula is C15H25N3O3. The third kappa shape index (κ3) is 4.07. The molecule has 0 radical (unpaired) electrons. The van der Waals surface area contributed by atoms with E-state index in [9.17, 15) is 10.1 Å². The molecular weight excluding hydrogens is 270 g/mol. The second-order valence-corrected chi connectivity index (χ2v) is 4.84. The summed E-state index contributed by atoms with van der Waals surface area (Å²) in [5.74, 6) is 0. The Hall–Kier alpha value is -1.82. The van der Waals surface area contributed by atoms with Gasteiger partial charge in [-0.2, -0.15) is 0 Å². The zero-order valence-electron chi connectivity index (χ0n) is 13.3. The third-order valence-corrected chi connectivity index (χ3v) is 3.70. The van der Waals surface area contributed by atoms with E-state index in [4.69, 9.17) is 4.74 Å². The summed E-state index contributed by atoms with van der Waals surface area (Å²) >= 11 is 0. The Balaban J connectivity index is 3.31. The van der Waals surface area contributed by atoms with Crippen LogP contribution in [0.4, 0.5) is 17.1 Å². The summed E-state index contributed by atoms with van der Waals surface area (Å²) in [6.07, 6.45) is 1.86. The Kier molecular flexibility index (Phi) is 6.94. The average molecular weight is 295 g/mol. The highest BCUT2D eigenvalue weighted by atomic mass is 16.6. The van der Waals surface area contributed by atoms with E-state index in [0.717, 1.165) is 12.8 Å². The predicted octanol–water partition coefficient (Wildman–Crippen LogP) is 3.28. The quantitative estimate of drug-likeness (QED) is 0.559. The normalized spacial score (nSPS) is 10.7. The zero-order chi connectivity index (χ0) is 15.8. The fraction of sp³-hybridized carbons (Fsp3) is 0.600. The topological polar surface area (TPSA) is 67.6 Å². The smallest absolute Gasteiger partial charge is 0.315 e. The molecule has 0 amide bonds. The van der Waals surface area contributed by atoms with Crippen LogP contribution in [0.2, 0.25) is 0 Å². The van der Waals surface area contributed by atoms with E-state index in [1.807, 2.05) is 12.1 Å². The first kappa shape index (κ1) is 17.2. The van der Waals surface area contributed by atoms with Gasteiger partial charge in [-0.15, -0.1) is 0 Å². The molecule has 1 aromatic carbocycles. The highest BCUT2D eigenvalue weighted by Crippen LogP contribution is 2.36. The van der Waals surface area contributed by atoms with Crippen molar-refractivity contribution in [3.8, 4) is 0 Å². The van der Waals surface area contributed by atoms with E-state index in [1.54, 1.807) is 20.2 Å². The van der Waals surface area contributed by atoms with Crippen molar-refractivity contribution in [2.24, 2.45) is 0 Å². The molecule has 0 aliphatic carbocycles. The van der Waals surface area contributed by atoms with Gasteiger partial charge in [-0.25, -0.2) is 0 Å². The summed E-state index contributed by atoms with van der Waals surface area (Å²) < 4.78 is 5.16. The third-order valence-electron chi connectivity index (χ3n) is 3.70. The highest BCUT2D eigenvalue weighted by molar-refractivity contribution is 5.77. The van der Waals surface area contributed by atoms with Crippen LogP contribution in [0.5, 0.6) is 0 Å². The Labute approximate surface area is 126 Å². The van der Waals surface area contributed by atoms with Crippen molar-refractivity contribution in [2.75, 3.05) is 37.5 Å². The standard InChI is InChI=1S/C15H25N3O3/c1-5-12(6-2)17(10-11-21-4)14-9-7-8-13(16-3)15(14)18(19)20/h7-9,12,16H,5-6,10-11H2,1-4H3. The lowest BCUT2D eigenvalue weighted by molar-refractivity contribution is -0.383. The summed E-state index contributed by atoms with van der Waals surface area (Å²) in [6.45, 7) is 5.37. The number of nitro benzene ring substituents is 1. The molecule has 1 N–H and O–H groups in total. The van der Waals surface area contributed by atoms with Crippen molar-refractivity contribution >= 4 is 17.1 Å². The Morgan fingerprint density at radius 1 is 1.38 bits per heavy atom. The fourth-order valence-electron chi connectivity index (χ4n) is 2.58. The van der Waals surface area contributed by atoms with Gasteiger partial charge in [0.25, 0.3) is 0 Å². The van der Waals surface area contributed by atoms with Crippen molar-refractivity contribution in [3.63, 3.8) is 0 Å². The van der Waals surface area contributed by atoms with Gasteiger partial charge >= 0.3 is 5.69 Å². The second kappa shape index (κ2) is 8.46. The van der Waals surface area contributed by atoms with Crippen molar-refractivity contribution in [1.29, 1.82) is 0 Å². The van der Waals surface area contributed by atoms with Gasteiger partial charge in [0.1, 0.15) is 11.4 Å². The number of hydrogen-bond donors (Lipinski definition) is 1. The lowest BCUT2D eigenvalue weighted by Gasteiger charge is -2.32. The molecule has 0 unspecified atom stereocenters. The number of para-hydroxylation sites is 1. The minimum Gasteiger partial charge on any atom is -0.383 e. The number of ether oxygens (including phenoxy) is 1. The highest BCUT2D eigenvalue weighted by Gasteiger charge is 2.26. The van der Waals surface area contributed by atoms with E-state index >= 15 is 0 Å². The number of nitrogens with one attached hydrogen (secondary N) is 1. The van der Waals surface area contributed by atoms with E-state index < -0.39 is 0 Å². The summed E-state index contributed by atoms with van der Waals surface area (Å²) in [4.78, 5) is 13.3. The maximum absolute atomic E-state index is 11.5. The molecule has 0 fully saturated rings. The molecule has 0 aromatic heterocycles. The number of methoxy groups -OCH3 is 1. The summed E-state index contributed by atoms with van der Waals surface area (Å²) in [7, 11) is 3.34. The number of anilines is 2. The molecule has 1 aromatic rings. The van der Waals surface area contributed by atoms with Crippen molar-refractivity contribution < 1.29 is 9.66 Å². The number of nitro groups is 1. The first-order chi connectivity index (χ1) is 10.1. The number of rotatable bonds is 9. The molecule has 1 rings (SSSR count). The lowest BCUT2D eigenvalue weighted by Crippen LogP contribution is -2.37. The predicted molar refractivity (Wildman–Crippen MR) is 86.2 cm³/mol. The van der Waals surface area contributed by atoms with Crippen molar-refractivity contribution in [3.05, 3.63) is 28.3 Å². The van der Waals surface area contributed by atoms with Gasteiger partial charge < -0.3 is 15.0 Å². The summed E-state index contributed by atoms with van der Waals surface area (Å²) in [6, 6.07) is 5.64. The molecule has 0 atom stereocenters. The molecule has 0 heterocycles. The van der Waals surface area contributed by atoms with Crippen molar-refractivity contribution in [1.82, 2.24) is 0 Å². The Morgan fingerprint density at radius 2 is 2.05 bits per heavy atom. The number of nitrogens with zero attached hydrogens (tertiary/aromatic N) is 2. The van der Waals surface area contributed by atoms with E-state index in [2.05, 4.69) is 24.1 Å². The fourth-order valence-corrected chi connectivity index (χ4v) is 2.58. The molecule has 6 heteroatoms. The molecule has 118 valence electrons. The summed E-state index contributed by atoms with van der Waals surface area (Å²) in [5, 5.41) is 14.4. The van der Waals surface area contributed by atoms with Crippen LogP contribution in [0.25, 0.3) is 0 Å². The zero-order valence-corrected chi connectivity index (χ0v) is 13.3. The van der Waals surface area contributed by atoms with Gasteiger partial charge in [0, 0.05) is 26.7 Å². The van der Waals surface area contributed by atoms with Gasteiger partial charge in [0.15, 0.2) is 0 Å². The van der Waals surface area contributed by atoms with Crippen LogP contribution >= 0.6 is 0 Å². The molecule has 0 aliphatic rings. The Bertz CT molecular complexity index is 461. The van der Waals surface area contributed by atoms with Gasteiger partial charge in [-0.3, -0.25) is 10.1 Å². The minimum absolute atomic E-state index is 0.128. The van der Waals surface area contributed by atoms with Crippen LogP contribution < -0.4 is 10.2 Å². The van der Waals surface area contributed by atoms with Crippen LogP contribution in [0.15, 0.2) is 18.2 Å². The van der Waals surface area contributed by atoms with Crippen LogP contribution in [0.3, 0.4) is 0 Å². The average Bonchev–Trinajstić information content (AvgIpc) is 2.50. The molecule has 21 heavy (non-hydrogen) atoms. The minimum atomic E-state index is -0.316. The number of benzene rings is 1. The van der Waals surface area contributed by atoms with Gasteiger partial charge in [-0.05, 0) is 25.0 Å². The maximum Gasteiger partial charge on any atom is 0.315 e. The largest absolute Gasteiger partial charge is 0.383 e. The molecule has 0 saturated carbocycles. The van der Waals surface area contributed by atoms with E-state index in [0.29, 0.717) is 24.5 Å². The second-order valence-electron chi connectivity index (χ2n) is 4.84. The first-order valence-electron chi connectivity index (χ1n) is 7.31.